The molecule has 3 rings (SSSR count). The van der Waals surface area contributed by atoms with Crippen LogP contribution in [0.4, 0.5) is 0 Å². The van der Waals surface area contributed by atoms with Gasteiger partial charge in [-0.1, -0.05) is 31.5 Å². The quantitative estimate of drug-likeness (QED) is 0.900. The van der Waals surface area contributed by atoms with Crippen LogP contribution in [0.2, 0.25) is 0 Å². The zero-order valence-corrected chi connectivity index (χ0v) is 12.6. The molecule has 0 bridgehead atoms. The molecule has 1 saturated carbocycles. The third-order valence-electron chi connectivity index (χ3n) is 5.40. The molecule has 0 radical (unpaired) electrons. The van der Waals surface area contributed by atoms with Crippen LogP contribution < -0.4 is 10.5 Å². The zero-order chi connectivity index (χ0) is 13.9. The van der Waals surface area contributed by atoms with Gasteiger partial charge in [0.25, 0.3) is 0 Å². The van der Waals surface area contributed by atoms with Crippen LogP contribution in [0.5, 0.6) is 5.75 Å². The summed E-state index contributed by atoms with van der Waals surface area (Å²) in [6.07, 6.45) is 7.59. The zero-order valence-electron chi connectivity index (χ0n) is 12.6. The largest absolute Gasteiger partial charge is 0.493 e. The molecule has 20 heavy (non-hydrogen) atoms. The van der Waals surface area contributed by atoms with Crippen molar-refractivity contribution in [2.45, 2.75) is 57.4 Å². The first-order valence-electron chi connectivity index (χ1n) is 8.25. The Morgan fingerprint density at radius 2 is 2.05 bits per heavy atom. The van der Waals surface area contributed by atoms with E-state index in [0.29, 0.717) is 17.9 Å². The minimum absolute atomic E-state index is 0.410. The fraction of sp³-hybridized carbons (Fsp3) is 0.667. The Morgan fingerprint density at radius 1 is 1.20 bits per heavy atom. The van der Waals surface area contributed by atoms with Gasteiger partial charge < -0.3 is 10.5 Å². The molecule has 0 aromatic heterocycles. The molecule has 4 atom stereocenters. The van der Waals surface area contributed by atoms with Crippen molar-refractivity contribution >= 4 is 0 Å². The SMILES string of the molecule is CCC1CCC(N)C(CC2CCOc3ccccc32)C1. The summed E-state index contributed by atoms with van der Waals surface area (Å²) in [6, 6.07) is 8.96. The highest BCUT2D eigenvalue weighted by Crippen LogP contribution is 2.41. The van der Waals surface area contributed by atoms with Crippen LogP contribution in [0.25, 0.3) is 0 Å². The number of para-hydroxylation sites is 1. The Bertz CT molecular complexity index is 445. The maximum absolute atomic E-state index is 6.40. The minimum Gasteiger partial charge on any atom is -0.493 e. The molecule has 1 aromatic rings. The van der Waals surface area contributed by atoms with Gasteiger partial charge in [0, 0.05) is 6.04 Å². The Kier molecular flexibility index (Phi) is 4.30. The average molecular weight is 273 g/mol. The molecular formula is C18H27NO. The van der Waals surface area contributed by atoms with Gasteiger partial charge in [0.05, 0.1) is 6.61 Å². The highest BCUT2D eigenvalue weighted by molar-refractivity contribution is 5.37. The van der Waals surface area contributed by atoms with Crippen molar-refractivity contribution in [3.8, 4) is 5.75 Å². The molecule has 2 N–H and O–H groups in total. The Morgan fingerprint density at radius 3 is 2.90 bits per heavy atom. The van der Waals surface area contributed by atoms with Crippen LogP contribution in [0.3, 0.4) is 0 Å². The molecule has 110 valence electrons. The van der Waals surface area contributed by atoms with E-state index < -0.39 is 0 Å². The van der Waals surface area contributed by atoms with Crippen molar-refractivity contribution in [2.24, 2.45) is 17.6 Å². The van der Waals surface area contributed by atoms with Crippen molar-refractivity contribution < 1.29 is 4.74 Å². The molecule has 2 aliphatic rings. The second-order valence-electron chi connectivity index (χ2n) is 6.62. The van der Waals surface area contributed by atoms with E-state index >= 15 is 0 Å². The van der Waals surface area contributed by atoms with E-state index in [2.05, 4.69) is 31.2 Å². The smallest absolute Gasteiger partial charge is 0.122 e. The summed E-state index contributed by atoms with van der Waals surface area (Å²) in [7, 11) is 0. The van der Waals surface area contributed by atoms with Crippen molar-refractivity contribution in [2.75, 3.05) is 6.61 Å². The van der Waals surface area contributed by atoms with Crippen molar-refractivity contribution in [3.63, 3.8) is 0 Å². The first-order valence-corrected chi connectivity index (χ1v) is 8.25. The van der Waals surface area contributed by atoms with Crippen molar-refractivity contribution in [3.05, 3.63) is 29.8 Å². The first-order chi connectivity index (χ1) is 9.78. The normalized spacial score (nSPS) is 33.3. The Balaban J connectivity index is 1.71. The molecule has 1 aromatic carbocycles. The summed E-state index contributed by atoms with van der Waals surface area (Å²) >= 11 is 0. The molecule has 0 saturated heterocycles. The summed E-state index contributed by atoms with van der Waals surface area (Å²) in [4.78, 5) is 0. The van der Waals surface area contributed by atoms with Crippen LogP contribution in [0, 0.1) is 11.8 Å². The third-order valence-corrected chi connectivity index (χ3v) is 5.40. The molecule has 0 spiro atoms. The summed E-state index contributed by atoms with van der Waals surface area (Å²) in [5.74, 6) is 3.34. The van der Waals surface area contributed by atoms with Gasteiger partial charge in [0.15, 0.2) is 0 Å². The highest BCUT2D eigenvalue weighted by Gasteiger charge is 2.31. The maximum atomic E-state index is 6.40. The summed E-state index contributed by atoms with van der Waals surface area (Å²) in [6.45, 7) is 3.18. The lowest BCUT2D eigenvalue weighted by Crippen LogP contribution is -2.37. The molecule has 1 aliphatic carbocycles. The summed E-state index contributed by atoms with van der Waals surface area (Å²) in [5, 5.41) is 0. The predicted octanol–water partition coefficient (Wildman–Crippen LogP) is 4.10. The van der Waals surface area contributed by atoms with Gasteiger partial charge in [0.2, 0.25) is 0 Å². The number of ether oxygens (including phenoxy) is 1. The van der Waals surface area contributed by atoms with Crippen molar-refractivity contribution in [1.82, 2.24) is 0 Å². The summed E-state index contributed by atoms with van der Waals surface area (Å²) in [5.41, 5.74) is 7.81. The number of hydrogen-bond donors (Lipinski definition) is 1. The highest BCUT2D eigenvalue weighted by atomic mass is 16.5. The molecule has 1 heterocycles. The van der Waals surface area contributed by atoms with E-state index in [1.165, 1.54) is 37.7 Å². The van der Waals surface area contributed by atoms with E-state index in [4.69, 9.17) is 10.5 Å². The molecule has 1 aliphatic heterocycles. The topological polar surface area (TPSA) is 35.2 Å². The van der Waals surface area contributed by atoms with Crippen LogP contribution >= 0.6 is 0 Å². The molecule has 4 unspecified atom stereocenters. The maximum Gasteiger partial charge on any atom is 0.122 e. The third kappa shape index (κ3) is 2.85. The lowest BCUT2D eigenvalue weighted by Gasteiger charge is -2.37. The predicted molar refractivity (Wildman–Crippen MR) is 83.0 cm³/mol. The second kappa shape index (κ2) is 6.17. The van der Waals surface area contributed by atoms with Gasteiger partial charge >= 0.3 is 0 Å². The van der Waals surface area contributed by atoms with Gasteiger partial charge in [0.1, 0.15) is 5.75 Å². The van der Waals surface area contributed by atoms with E-state index in [-0.39, 0.29) is 0 Å². The molecule has 1 fully saturated rings. The molecule has 2 heteroatoms. The minimum atomic E-state index is 0.410. The molecule has 2 nitrogen and oxygen atoms in total. The van der Waals surface area contributed by atoms with E-state index in [1.54, 1.807) is 0 Å². The molecular weight excluding hydrogens is 246 g/mol. The van der Waals surface area contributed by atoms with Crippen LogP contribution in [-0.4, -0.2) is 12.6 Å². The number of hydrogen-bond acceptors (Lipinski definition) is 2. The van der Waals surface area contributed by atoms with Crippen LogP contribution in [-0.2, 0) is 0 Å². The van der Waals surface area contributed by atoms with E-state index in [0.717, 1.165) is 24.7 Å². The van der Waals surface area contributed by atoms with Gasteiger partial charge in [-0.05, 0) is 61.5 Å². The van der Waals surface area contributed by atoms with Gasteiger partial charge in [-0.3, -0.25) is 0 Å². The van der Waals surface area contributed by atoms with Crippen LogP contribution in [0.15, 0.2) is 24.3 Å². The van der Waals surface area contributed by atoms with Gasteiger partial charge in [-0.15, -0.1) is 0 Å². The number of fused-ring (bicyclic) bond motifs is 1. The van der Waals surface area contributed by atoms with Crippen LogP contribution in [0.1, 0.15) is 56.9 Å². The second-order valence-corrected chi connectivity index (χ2v) is 6.62. The average Bonchev–Trinajstić information content (AvgIpc) is 2.50. The van der Waals surface area contributed by atoms with Gasteiger partial charge in [-0.2, -0.15) is 0 Å². The monoisotopic (exact) mass is 273 g/mol. The number of rotatable bonds is 3. The van der Waals surface area contributed by atoms with E-state index in [1.807, 2.05) is 0 Å². The fourth-order valence-corrected chi connectivity index (χ4v) is 4.05. The standard InChI is InChI=1S/C18H27NO/c1-2-13-7-8-17(19)15(11-13)12-14-9-10-20-18-6-4-3-5-16(14)18/h3-6,13-15,17H,2,7-12,19H2,1H3. The fourth-order valence-electron chi connectivity index (χ4n) is 4.05. The first kappa shape index (κ1) is 13.9. The van der Waals surface area contributed by atoms with Crippen molar-refractivity contribution in [1.29, 1.82) is 0 Å². The van der Waals surface area contributed by atoms with Gasteiger partial charge in [-0.25, -0.2) is 0 Å². The lowest BCUT2D eigenvalue weighted by atomic mass is 9.72. The summed E-state index contributed by atoms with van der Waals surface area (Å²) < 4.78 is 5.78. The number of benzene rings is 1. The lowest BCUT2D eigenvalue weighted by molar-refractivity contribution is 0.189. The Labute approximate surface area is 122 Å². The number of nitrogens with two attached hydrogens (primary N) is 1. The Hall–Kier alpha value is -1.02. The van der Waals surface area contributed by atoms with E-state index in [9.17, 15) is 0 Å². The molecule has 0 amide bonds.